The van der Waals surface area contributed by atoms with Crippen LogP contribution in [0.25, 0.3) is 0 Å². The molecule has 0 aliphatic heterocycles. The minimum atomic E-state index is -1.13. The molecular weight excluding hydrogens is 308 g/mol. The van der Waals surface area contributed by atoms with Crippen LogP contribution >= 0.6 is 15.9 Å². The summed E-state index contributed by atoms with van der Waals surface area (Å²) in [4.78, 5) is 12.4. The number of carbonyl (C=O) groups is 1. The molecule has 1 N–H and O–H groups in total. The van der Waals surface area contributed by atoms with Crippen molar-refractivity contribution in [1.82, 2.24) is 9.78 Å². The highest BCUT2D eigenvalue weighted by molar-refractivity contribution is 9.10. The minimum absolute atomic E-state index is 0.0712. The summed E-state index contributed by atoms with van der Waals surface area (Å²) < 4.78 is 2.60. The molecule has 5 heteroatoms. The van der Waals surface area contributed by atoms with Crippen LogP contribution < -0.4 is 0 Å². The van der Waals surface area contributed by atoms with E-state index in [-0.39, 0.29) is 12.2 Å². The first-order chi connectivity index (χ1) is 8.94. The van der Waals surface area contributed by atoms with Gasteiger partial charge in [0.2, 0.25) is 0 Å². The zero-order chi connectivity index (χ0) is 14.0. The SMILES string of the molecule is Cc1nn(C)c(CC(=O)C2(O)CCCCCC2)c1Br. The first-order valence-corrected chi connectivity index (χ1v) is 7.67. The Morgan fingerprint density at radius 3 is 2.42 bits per heavy atom. The predicted octanol–water partition coefficient (Wildman–Crippen LogP) is 2.69. The predicted molar refractivity (Wildman–Crippen MR) is 77.0 cm³/mol. The van der Waals surface area contributed by atoms with E-state index in [1.54, 1.807) is 4.68 Å². The molecular formula is C14H21BrN2O2. The van der Waals surface area contributed by atoms with Crippen molar-refractivity contribution in [2.75, 3.05) is 0 Å². The second-order valence-electron chi connectivity index (χ2n) is 5.52. The Morgan fingerprint density at radius 2 is 1.95 bits per heavy atom. The summed E-state index contributed by atoms with van der Waals surface area (Å²) >= 11 is 3.47. The Labute approximate surface area is 122 Å². The van der Waals surface area contributed by atoms with E-state index in [0.717, 1.165) is 41.5 Å². The van der Waals surface area contributed by atoms with E-state index in [9.17, 15) is 9.90 Å². The molecule has 1 heterocycles. The molecule has 1 aromatic rings. The molecule has 1 saturated carbocycles. The molecule has 0 amide bonds. The van der Waals surface area contributed by atoms with E-state index >= 15 is 0 Å². The molecule has 0 unspecified atom stereocenters. The standard InChI is InChI=1S/C14H21BrN2O2/c1-10-13(15)11(17(2)16-10)9-12(18)14(19)7-5-3-4-6-8-14/h19H,3-9H2,1-2H3. The van der Waals surface area contributed by atoms with E-state index in [4.69, 9.17) is 0 Å². The van der Waals surface area contributed by atoms with Crippen LogP contribution in [0.3, 0.4) is 0 Å². The Kier molecular flexibility index (Phi) is 4.46. The maximum absolute atomic E-state index is 12.4. The Morgan fingerprint density at radius 1 is 1.37 bits per heavy atom. The van der Waals surface area contributed by atoms with Crippen molar-refractivity contribution in [3.63, 3.8) is 0 Å². The van der Waals surface area contributed by atoms with Crippen molar-refractivity contribution >= 4 is 21.7 Å². The first-order valence-electron chi connectivity index (χ1n) is 6.88. The molecule has 106 valence electrons. The van der Waals surface area contributed by atoms with Crippen molar-refractivity contribution < 1.29 is 9.90 Å². The number of aryl methyl sites for hydroxylation is 2. The number of nitrogens with zero attached hydrogens (tertiary/aromatic N) is 2. The molecule has 1 aliphatic carbocycles. The fourth-order valence-electron chi connectivity index (χ4n) is 2.78. The molecule has 0 aromatic carbocycles. The maximum Gasteiger partial charge on any atom is 0.170 e. The van der Waals surface area contributed by atoms with Gasteiger partial charge in [0.05, 0.1) is 22.3 Å². The zero-order valence-electron chi connectivity index (χ0n) is 11.6. The molecule has 1 fully saturated rings. The van der Waals surface area contributed by atoms with Crippen LogP contribution in [-0.2, 0) is 18.3 Å². The van der Waals surface area contributed by atoms with Gasteiger partial charge in [-0.3, -0.25) is 9.48 Å². The number of ketones is 1. The first kappa shape index (κ1) is 14.7. The highest BCUT2D eigenvalue weighted by Crippen LogP contribution is 2.30. The van der Waals surface area contributed by atoms with Crippen LogP contribution in [0.1, 0.15) is 49.9 Å². The van der Waals surface area contributed by atoms with Crippen LogP contribution in [0.15, 0.2) is 4.47 Å². The molecule has 1 aromatic heterocycles. The summed E-state index contributed by atoms with van der Waals surface area (Å²) in [5.41, 5.74) is 0.590. The van der Waals surface area contributed by atoms with Crippen LogP contribution in [-0.4, -0.2) is 26.3 Å². The summed E-state index contributed by atoms with van der Waals surface area (Å²) in [5, 5.41) is 14.9. The molecule has 0 saturated heterocycles. The van der Waals surface area contributed by atoms with Gasteiger partial charge >= 0.3 is 0 Å². The Hall–Kier alpha value is -0.680. The average Bonchev–Trinajstić information content (AvgIpc) is 2.58. The quantitative estimate of drug-likeness (QED) is 0.868. The number of aromatic nitrogens is 2. The van der Waals surface area contributed by atoms with Gasteiger partial charge in [0, 0.05) is 7.05 Å². The third-order valence-electron chi connectivity index (χ3n) is 4.04. The van der Waals surface area contributed by atoms with Crippen LogP contribution in [0.5, 0.6) is 0 Å². The fourth-order valence-corrected chi connectivity index (χ4v) is 3.26. The second-order valence-corrected chi connectivity index (χ2v) is 6.31. The van der Waals surface area contributed by atoms with E-state index in [1.165, 1.54) is 0 Å². The fraction of sp³-hybridized carbons (Fsp3) is 0.714. The maximum atomic E-state index is 12.4. The topological polar surface area (TPSA) is 55.1 Å². The number of carbonyl (C=O) groups excluding carboxylic acids is 1. The number of aliphatic hydroxyl groups is 1. The normalized spacial score (nSPS) is 19.2. The van der Waals surface area contributed by atoms with Crippen LogP contribution in [0, 0.1) is 6.92 Å². The van der Waals surface area contributed by atoms with Crippen molar-refractivity contribution in [3.05, 3.63) is 15.9 Å². The van der Waals surface area contributed by atoms with Gasteiger partial charge in [-0.1, -0.05) is 25.7 Å². The lowest BCUT2D eigenvalue weighted by molar-refractivity contribution is -0.138. The highest BCUT2D eigenvalue weighted by Gasteiger charge is 2.36. The molecule has 0 spiro atoms. The number of halogens is 1. The van der Waals surface area contributed by atoms with Crippen molar-refractivity contribution in [3.8, 4) is 0 Å². The molecule has 2 rings (SSSR count). The van der Waals surface area contributed by atoms with Gasteiger partial charge in [-0.25, -0.2) is 0 Å². The lowest BCUT2D eigenvalue weighted by Gasteiger charge is -2.25. The Balaban J connectivity index is 2.15. The summed E-state index contributed by atoms with van der Waals surface area (Å²) in [6.45, 7) is 1.90. The van der Waals surface area contributed by atoms with Crippen molar-refractivity contribution in [2.45, 2.75) is 57.5 Å². The van der Waals surface area contributed by atoms with Gasteiger partial charge < -0.3 is 5.11 Å². The summed E-state index contributed by atoms with van der Waals surface area (Å²) in [6.07, 6.45) is 5.55. The monoisotopic (exact) mass is 328 g/mol. The molecule has 1 aliphatic rings. The van der Waals surface area contributed by atoms with Gasteiger partial charge in [0.15, 0.2) is 5.78 Å². The lowest BCUT2D eigenvalue weighted by Crippen LogP contribution is -2.39. The van der Waals surface area contributed by atoms with Gasteiger partial charge in [-0.15, -0.1) is 0 Å². The zero-order valence-corrected chi connectivity index (χ0v) is 13.2. The number of rotatable bonds is 3. The molecule has 0 radical (unpaired) electrons. The van der Waals surface area contributed by atoms with E-state index in [0.29, 0.717) is 12.8 Å². The van der Waals surface area contributed by atoms with Gasteiger partial charge in [0.25, 0.3) is 0 Å². The number of hydrogen-bond acceptors (Lipinski definition) is 3. The third kappa shape index (κ3) is 3.08. The molecule has 0 bridgehead atoms. The Bertz CT molecular complexity index is 474. The third-order valence-corrected chi connectivity index (χ3v) is 5.07. The minimum Gasteiger partial charge on any atom is -0.382 e. The van der Waals surface area contributed by atoms with Gasteiger partial charge in [0.1, 0.15) is 5.60 Å². The second kappa shape index (κ2) is 5.75. The summed E-state index contributed by atoms with van der Waals surface area (Å²) in [5.74, 6) is -0.0712. The number of hydrogen-bond donors (Lipinski definition) is 1. The van der Waals surface area contributed by atoms with Crippen molar-refractivity contribution in [2.24, 2.45) is 7.05 Å². The van der Waals surface area contributed by atoms with E-state index < -0.39 is 5.60 Å². The average molecular weight is 329 g/mol. The number of Topliss-reactive ketones (excluding diaryl/α,β-unsaturated/α-hetero) is 1. The smallest absolute Gasteiger partial charge is 0.170 e. The molecule has 4 nitrogen and oxygen atoms in total. The van der Waals surface area contributed by atoms with Gasteiger partial charge in [-0.2, -0.15) is 5.10 Å². The molecule has 19 heavy (non-hydrogen) atoms. The summed E-state index contributed by atoms with van der Waals surface area (Å²) in [7, 11) is 1.83. The van der Waals surface area contributed by atoms with Crippen LogP contribution in [0.2, 0.25) is 0 Å². The van der Waals surface area contributed by atoms with E-state index in [2.05, 4.69) is 21.0 Å². The molecule has 0 atom stereocenters. The van der Waals surface area contributed by atoms with Crippen molar-refractivity contribution in [1.29, 1.82) is 0 Å². The highest BCUT2D eigenvalue weighted by atomic mass is 79.9. The lowest BCUT2D eigenvalue weighted by atomic mass is 9.87. The summed E-state index contributed by atoms with van der Waals surface area (Å²) in [6, 6.07) is 0. The van der Waals surface area contributed by atoms with Crippen LogP contribution in [0.4, 0.5) is 0 Å². The van der Waals surface area contributed by atoms with E-state index in [1.807, 2.05) is 14.0 Å². The largest absolute Gasteiger partial charge is 0.382 e. The van der Waals surface area contributed by atoms with Gasteiger partial charge in [-0.05, 0) is 35.7 Å².